The van der Waals surface area contributed by atoms with E-state index in [1.807, 2.05) is 24.3 Å². The lowest BCUT2D eigenvalue weighted by Crippen LogP contribution is -2.21. The highest BCUT2D eigenvalue weighted by atomic mass is 16.5. The fourth-order valence-electron chi connectivity index (χ4n) is 2.09. The number of fused-ring (bicyclic) bond motifs is 1. The summed E-state index contributed by atoms with van der Waals surface area (Å²) in [6.07, 6.45) is 3.20. The van der Waals surface area contributed by atoms with Gasteiger partial charge in [-0.05, 0) is 11.6 Å². The van der Waals surface area contributed by atoms with Gasteiger partial charge in [-0.15, -0.1) is 0 Å². The van der Waals surface area contributed by atoms with Crippen molar-refractivity contribution >= 4 is 28.6 Å². The van der Waals surface area contributed by atoms with Gasteiger partial charge in [0.05, 0.1) is 6.42 Å². The lowest BCUT2D eigenvalue weighted by Gasteiger charge is -2.04. The van der Waals surface area contributed by atoms with Crippen LogP contribution in [-0.2, 0) is 20.7 Å². The van der Waals surface area contributed by atoms with Crippen LogP contribution in [0.15, 0.2) is 47.3 Å². The second-order valence-electron chi connectivity index (χ2n) is 4.63. The van der Waals surface area contributed by atoms with Crippen LogP contribution in [0.1, 0.15) is 5.56 Å². The number of amides is 1. The first-order chi connectivity index (χ1) is 10.7. The number of hydrogen-bond acceptors (Lipinski definition) is 5. The Kier molecular flexibility index (Phi) is 3.86. The first-order valence-electron chi connectivity index (χ1n) is 6.63. The molecule has 0 unspecified atom stereocenters. The van der Waals surface area contributed by atoms with Crippen molar-refractivity contribution in [1.82, 2.24) is 10.1 Å². The van der Waals surface area contributed by atoms with Gasteiger partial charge in [0.2, 0.25) is 0 Å². The third kappa shape index (κ3) is 3.14. The molecule has 1 aromatic carbocycles. The zero-order valence-electron chi connectivity index (χ0n) is 11.5. The van der Waals surface area contributed by atoms with Gasteiger partial charge in [0, 0.05) is 23.2 Å². The van der Waals surface area contributed by atoms with Crippen LogP contribution in [-0.4, -0.2) is 28.6 Å². The third-order valence-electron chi connectivity index (χ3n) is 3.08. The van der Waals surface area contributed by atoms with Crippen molar-refractivity contribution in [3.63, 3.8) is 0 Å². The van der Waals surface area contributed by atoms with Gasteiger partial charge in [0.15, 0.2) is 12.4 Å². The molecule has 0 fully saturated rings. The predicted molar refractivity (Wildman–Crippen MR) is 78.1 cm³/mol. The molecule has 0 saturated carbocycles. The van der Waals surface area contributed by atoms with E-state index in [9.17, 15) is 9.59 Å². The summed E-state index contributed by atoms with van der Waals surface area (Å²) in [6, 6.07) is 9.15. The van der Waals surface area contributed by atoms with Gasteiger partial charge in [-0.2, -0.15) is 0 Å². The number of carbonyl (C=O) groups excluding carboxylic acids is 2. The first kappa shape index (κ1) is 13.9. The molecule has 2 aromatic heterocycles. The fraction of sp³-hybridized carbons (Fsp3) is 0.133. The van der Waals surface area contributed by atoms with Crippen molar-refractivity contribution in [2.75, 3.05) is 11.9 Å². The minimum atomic E-state index is -0.472. The van der Waals surface area contributed by atoms with Crippen molar-refractivity contribution in [2.45, 2.75) is 6.42 Å². The maximum atomic E-state index is 11.8. The lowest BCUT2D eigenvalue weighted by molar-refractivity contribution is -0.146. The molecular weight excluding hydrogens is 286 g/mol. The van der Waals surface area contributed by atoms with E-state index in [0.29, 0.717) is 0 Å². The SMILES string of the molecule is O=C(COC(=O)Cc1c[nH]c2ccccc12)Nc1ccon1. The number of benzene rings is 1. The van der Waals surface area contributed by atoms with Crippen LogP contribution in [0.4, 0.5) is 5.82 Å². The molecule has 0 bridgehead atoms. The molecule has 1 amide bonds. The van der Waals surface area contributed by atoms with Crippen LogP contribution in [0.2, 0.25) is 0 Å². The van der Waals surface area contributed by atoms with Crippen molar-refractivity contribution in [2.24, 2.45) is 0 Å². The minimum absolute atomic E-state index is 0.0985. The number of hydrogen-bond donors (Lipinski definition) is 2. The molecule has 22 heavy (non-hydrogen) atoms. The van der Waals surface area contributed by atoms with E-state index in [1.165, 1.54) is 12.3 Å². The van der Waals surface area contributed by atoms with E-state index in [4.69, 9.17) is 4.74 Å². The van der Waals surface area contributed by atoms with Crippen molar-refractivity contribution in [3.8, 4) is 0 Å². The molecule has 2 heterocycles. The Labute approximate surface area is 125 Å². The summed E-state index contributed by atoms with van der Waals surface area (Å²) < 4.78 is 9.53. The third-order valence-corrected chi connectivity index (χ3v) is 3.08. The quantitative estimate of drug-likeness (QED) is 0.701. The average Bonchev–Trinajstić information content (AvgIpc) is 3.16. The molecule has 0 aliphatic rings. The summed E-state index contributed by atoms with van der Waals surface area (Å²) in [7, 11) is 0. The first-order valence-corrected chi connectivity index (χ1v) is 6.63. The maximum Gasteiger partial charge on any atom is 0.310 e. The molecule has 0 atom stereocenters. The van der Waals surface area contributed by atoms with E-state index < -0.39 is 11.9 Å². The molecule has 0 radical (unpaired) electrons. The van der Waals surface area contributed by atoms with Gasteiger partial charge in [-0.1, -0.05) is 23.4 Å². The van der Waals surface area contributed by atoms with E-state index >= 15 is 0 Å². The molecule has 2 N–H and O–H groups in total. The number of aromatic nitrogens is 2. The molecular formula is C15H13N3O4. The highest BCUT2D eigenvalue weighted by Crippen LogP contribution is 2.18. The molecule has 7 nitrogen and oxygen atoms in total. The van der Waals surface area contributed by atoms with Crippen molar-refractivity contribution in [1.29, 1.82) is 0 Å². The van der Waals surface area contributed by atoms with Crippen LogP contribution in [0.5, 0.6) is 0 Å². The van der Waals surface area contributed by atoms with Crippen LogP contribution in [0.25, 0.3) is 10.9 Å². The Hall–Kier alpha value is -3.09. The molecule has 0 saturated heterocycles. The number of esters is 1. The zero-order valence-corrected chi connectivity index (χ0v) is 11.5. The van der Waals surface area contributed by atoms with Crippen LogP contribution in [0, 0.1) is 0 Å². The Balaban J connectivity index is 1.53. The summed E-state index contributed by atoms with van der Waals surface area (Å²) in [6.45, 7) is -0.367. The van der Waals surface area contributed by atoms with Crippen molar-refractivity contribution < 1.29 is 18.8 Å². The minimum Gasteiger partial charge on any atom is -0.455 e. The molecule has 112 valence electrons. The van der Waals surface area contributed by atoms with Crippen LogP contribution in [0.3, 0.4) is 0 Å². The highest BCUT2D eigenvalue weighted by Gasteiger charge is 2.12. The summed E-state index contributed by atoms with van der Waals surface area (Å²) >= 11 is 0. The number of nitrogens with one attached hydrogen (secondary N) is 2. The summed E-state index contributed by atoms with van der Waals surface area (Å²) in [5, 5.41) is 6.93. The number of H-pyrrole nitrogens is 1. The molecule has 3 aromatic rings. The van der Waals surface area contributed by atoms with Gasteiger partial charge in [-0.3, -0.25) is 9.59 Å². The second kappa shape index (κ2) is 6.13. The number of ether oxygens (including phenoxy) is 1. The molecule has 7 heteroatoms. The average molecular weight is 299 g/mol. The zero-order chi connectivity index (χ0) is 15.4. The topological polar surface area (TPSA) is 97.2 Å². The van der Waals surface area contributed by atoms with Crippen molar-refractivity contribution in [3.05, 3.63) is 48.4 Å². The van der Waals surface area contributed by atoms with E-state index in [0.717, 1.165) is 16.5 Å². The highest BCUT2D eigenvalue weighted by molar-refractivity contribution is 5.92. The fourth-order valence-corrected chi connectivity index (χ4v) is 2.09. The van der Waals surface area contributed by atoms with E-state index in [1.54, 1.807) is 6.20 Å². The summed E-state index contributed by atoms with van der Waals surface area (Å²) in [4.78, 5) is 26.4. The monoisotopic (exact) mass is 299 g/mol. The standard InChI is InChI=1S/C15H13N3O4/c19-14(17-13-5-6-22-18-13)9-21-15(20)7-10-8-16-12-4-2-1-3-11(10)12/h1-6,8,16H,7,9H2,(H,17,18,19). The lowest BCUT2D eigenvalue weighted by atomic mass is 10.1. The predicted octanol–water partition coefficient (Wildman–Crippen LogP) is 1.88. The molecule has 3 rings (SSSR count). The Morgan fingerprint density at radius 2 is 2.14 bits per heavy atom. The van der Waals surface area contributed by atoms with Gasteiger partial charge < -0.3 is 19.6 Å². The molecule has 0 aliphatic carbocycles. The van der Waals surface area contributed by atoms with E-state index in [2.05, 4.69) is 20.0 Å². The smallest absolute Gasteiger partial charge is 0.310 e. The normalized spacial score (nSPS) is 10.5. The number of rotatable bonds is 5. The van der Waals surface area contributed by atoms with Gasteiger partial charge in [0.25, 0.3) is 5.91 Å². The molecule has 0 aliphatic heterocycles. The number of anilines is 1. The number of carbonyl (C=O) groups is 2. The molecule has 0 spiro atoms. The van der Waals surface area contributed by atoms with Gasteiger partial charge in [-0.25, -0.2) is 0 Å². The van der Waals surface area contributed by atoms with E-state index in [-0.39, 0.29) is 18.8 Å². The number of para-hydroxylation sites is 1. The number of nitrogens with zero attached hydrogens (tertiary/aromatic N) is 1. The maximum absolute atomic E-state index is 11.8. The number of aromatic amines is 1. The second-order valence-corrected chi connectivity index (χ2v) is 4.63. The summed E-state index contributed by atoms with van der Waals surface area (Å²) in [5.74, 6) is -0.668. The van der Waals surface area contributed by atoms with Gasteiger partial charge in [0.1, 0.15) is 6.26 Å². The Morgan fingerprint density at radius 3 is 2.95 bits per heavy atom. The van der Waals surface area contributed by atoms with Crippen LogP contribution < -0.4 is 5.32 Å². The Morgan fingerprint density at radius 1 is 1.27 bits per heavy atom. The van der Waals surface area contributed by atoms with Gasteiger partial charge >= 0.3 is 5.97 Å². The Bertz CT molecular complexity index is 792. The largest absolute Gasteiger partial charge is 0.455 e. The summed E-state index contributed by atoms with van der Waals surface area (Å²) in [5.41, 5.74) is 1.78. The van der Waals surface area contributed by atoms with Crippen LogP contribution >= 0.6 is 0 Å².